The lowest BCUT2D eigenvalue weighted by Gasteiger charge is -2.28. The van der Waals surface area contributed by atoms with Gasteiger partial charge < -0.3 is 9.63 Å². The van der Waals surface area contributed by atoms with E-state index in [-0.39, 0.29) is 16.9 Å². The van der Waals surface area contributed by atoms with Crippen LogP contribution in [0.3, 0.4) is 0 Å². The van der Waals surface area contributed by atoms with Crippen molar-refractivity contribution in [1.29, 1.82) is 0 Å². The van der Waals surface area contributed by atoms with E-state index in [0.29, 0.717) is 0 Å². The van der Waals surface area contributed by atoms with Crippen LogP contribution in [0.25, 0.3) is 0 Å². The van der Waals surface area contributed by atoms with Crippen LogP contribution in [0.2, 0.25) is 5.02 Å². The number of halogens is 4. The molecule has 1 N–H and O–H groups in total. The highest BCUT2D eigenvalue weighted by molar-refractivity contribution is 7.68. The molecule has 0 fully saturated rings. The van der Waals surface area contributed by atoms with Gasteiger partial charge in [0.25, 0.3) is 7.37 Å². The van der Waals surface area contributed by atoms with E-state index in [4.69, 9.17) is 50.9 Å². The van der Waals surface area contributed by atoms with Crippen LogP contribution in [0.4, 0.5) is 0 Å². The van der Waals surface area contributed by atoms with Crippen molar-refractivity contribution in [2.24, 2.45) is 0 Å². The summed E-state index contributed by atoms with van der Waals surface area (Å²) < 4.78 is 15.8. The van der Waals surface area contributed by atoms with E-state index in [1.165, 1.54) is 12.1 Å². The first kappa shape index (κ1) is 16.6. The molecule has 0 spiro atoms. The highest BCUT2D eigenvalue weighted by Crippen LogP contribution is 2.58. The second kappa shape index (κ2) is 6.32. The average Bonchev–Trinajstić information content (AvgIpc) is 2.27. The Bertz CT molecular complexity index is 461. The van der Waals surface area contributed by atoms with Crippen molar-refractivity contribution in [1.82, 2.24) is 0 Å². The van der Waals surface area contributed by atoms with Crippen molar-refractivity contribution in [3.05, 3.63) is 29.3 Å². The third kappa shape index (κ3) is 3.55. The maximum Gasteiger partial charge on any atom is 0.265 e. The molecule has 0 saturated heterocycles. The zero-order valence-corrected chi connectivity index (χ0v) is 13.2. The molecule has 0 aliphatic heterocycles. The summed E-state index contributed by atoms with van der Waals surface area (Å²) in [6.45, 7) is 1.70. The largest absolute Gasteiger partial charge is 0.379 e. The lowest BCUT2D eigenvalue weighted by atomic mass is 10.4. The van der Waals surface area contributed by atoms with Crippen molar-refractivity contribution in [3.63, 3.8) is 0 Å². The molecule has 8 heteroatoms. The SMILES string of the molecule is CCOP(=O)(c1ccccc1Cl)C(O)C(Cl)(Cl)Cl. The van der Waals surface area contributed by atoms with E-state index in [2.05, 4.69) is 0 Å². The van der Waals surface area contributed by atoms with E-state index in [1.807, 2.05) is 0 Å². The number of alkyl halides is 3. The van der Waals surface area contributed by atoms with Crippen LogP contribution < -0.4 is 5.30 Å². The van der Waals surface area contributed by atoms with Gasteiger partial charge in [-0.15, -0.1) is 0 Å². The minimum absolute atomic E-state index is 0.0836. The Morgan fingerprint density at radius 2 is 1.94 bits per heavy atom. The van der Waals surface area contributed by atoms with Gasteiger partial charge in [0.05, 0.1) is 16.9 Å². The predicted molar refractivity (Wildman–Crippen MR) is 76.6 cm³/mol. The van der Waals surface area contributed by atoms with Crippen LogP contribution in [-0.4, -0.2) is 21.4 Å². The Kier molecular flexibility index (Phi) is 5.82. The third-order valence-corrected chi connectivity index (χ3v) is 6.40. The van der Waals surface area contributed by atoms with Crippen molar-refractivity contribution < 1.29 is 14.2 Å². The molecule has 2 unspecified atom stereocenters. The van der Waals surface area contributed by atoms with Crippen LogP contribution in [0.1, 0.15) is 6.92 Å². The van der Waals surface area contributed by atoms with Crippen LogP contribution in [0, 0.1) is 0 Å². The summed E-state index contributed by atoms with van der Waals surface area (Å²) in [6.07, 6.45) is 0. The molecule has 1 rings (SSSR count). The van der Waals surface area contributed by atoms with Gasteiger partial charge >= 0.3 is 0 Å². The van der Waals surface area contributed by atoms with Crippen molar-refractivity contribution in [2.75, 3.05) is 6.61 Å². The maximum atomic E-state index is 12.8. The molecule has 0 bridgehead atoms. The number of aliphatic hydroxyl groups is 1. The first-order valence-electron chi connectivity index (χ1n) is 4.97. The first-order valence-corrected chi connectivity index (χ1v) is 8.18. The van der Waals surface area contributed by atoms with Gasteiger partial charge in [-0.2, -0.15) is 0 Å². The summed E-state index contributed by atoms with van der Waals surface area (Å²) in [5, 5.41) is 10.3. The molecule has 102 valence electrons. The highest BCUT2D eigenvalue weighted by atomic mass is 35.6. The molecule has 1 aromatic rings. The van der Waals surface area contributed by atoms with E-state index in [1.54, 1.807) is 19.1 Å². The van der Waals surface area contributed by atoms with Gasteiger partial charge in [-0.05, 0) is 19.1 Å². The molecule has 0 amide bonds. The van der Waals surface area contributed by atoms with Crippen molar-refractivity contribution in [2.45, 2.75) is 16.6 Å². The number of hydrogen-bond donors (Lipinski definition) is 1. The first-order chi connectivity index (χ1) is 8.23. The number of aliphatic hydroxyl groups excluding tert-OH is 1. The Balaban J connectivity index is 3.33. The van der Waals surface area contributed by atoms with Gasteiger partial charge in [-0.3, -0.25) is 4.57 Å². The number of hydrogen-bond acceptors (Lipinski definition) is 3. The summed E-state index contributed by atoms with van der Waals surface area (Å²) in [5.41, 5.74) is 0. The fourth-order valence-corrected chi connectivity index (χ4v) is 4.99. The smallest absolute Gasteiger partial charge is 0.265 e. The zero-order chi connectivity index (χ0) is 14.0. The molecular formula is C10H11Cl4O3P. The minimum atomic E-state index is -3.79. The van der Waals surface area contributed by atoms with E-state index < -0.39 is 17.0 Å². The van der Waals surface area contributed by atoms with Crippen molar-refractivity contribution in [3.8, 4) is 0 Å². The lowest BCUT2D eigenvalue weighted by Crippen LogP contribution is -2.31. The van der Waals surface area contributed by atoms with E-state index >= 15 is 0 Å². The standard InChI is InChI=1S/C10H11Cl4O3P/c1-2-17-18(16,9(15)10(12,13)14)8-6-4-3-5-7(8)11/h3-6,9,15H,2H2,1H3. The normalized spacial score (nSPS) is 17.2. The molecule has 0 aliphatic rings. The second-order valence-electron chi connectivity index (χ2n) is 3.38. The number of rotatable bonds is 4. The van der Waals surface area contributed by atoms with Crippen LogP contribution in [0.15, 0.2) is 24.3 Å². The summed E-state index contributed by atoms with van der Waals surface area (Å²) >= 11 is 22.7. The second-order valence-corrected chi connectivity index (χ2v) is 8.58. The molecule has 0 aliphatic carbocycles. The third-order valence-electron chi connectivity index (χ3n) is 2.12. The summed E-state index contributed by atoms with van der Waals surface area (Å²) in [4.78, 5) is 0. The molecule has 0 saturated carbocycles. The Labute approximate surface area is 125 Å². The Morgan fingerprint density at radius 3 is 2.39 bits per heavy atom. The monoisotopic (exact) mass is 350 g/mol. The van der Waals surface area contributed by atoms with E-state index in [9.17, 15) is 9.67 Å². The molecular weight excluding hydrogens is 341 g/mol. The summed E-state index contributed by atoms with van der Waals surface area (Å²) in [5.74, 6) is -1.80. The lowest BCUT2D eigenvalue weighted by molar-refractivity contribution is 0.218. The van der Waals surface area contributed by atoms with Crippen molar-refractivity contribution >= 4 is 59.1 Å². The van der Waals surface area contributed by atoms with Gasteiger partial charge in [0.1, 0.15) is 0 Å². The van der Waals surface area contributed by atoms with Gasteiger partial charge in [-0.1, -0.05) is 58.5 Å². The fraction of sp³-hybridized carbons (Fsp3) is 0.400. The summed E-state index contributed by atoms with van der Waals surface area (Å²) in [7, 11) is -3.79. The minimum Gasteiger partial charge on any atom is -0.379 e. The molecule has 0 radical (unpaired) electrons. The Hall–Kier alpha value is 0.530. The molecule has 1 aromatic carbocycles. The average molecular weight is 352 g/mol. The summed E-state index contributed by atoms with van der Waals surface area (Å²) in [6, 6.07) is 6.26. The fourth-order valence-electron chi connectivity index (χ4n) is 1.36. The molecule has 18 heavy (non-hydrogen) atoms. The molecule has 0 heterocycles. The molecule has 0 aromatic heterocycles. The van der Waals surface area contributed by atoms with Gasteiger partial charge in [0, 0.05) is 0 Å². The zero-order valence-electron chi connectivity index (χ0n) is 9.32. The van der Waals surface area contributed by atoms with Crippen LogP contribution in [-0.2, 0) is 9.09 Å². The van der Waals surface area contributed by atoms with Crippen LogP contribution in [0.5, 0.6) is 0 Å². The number of benzene rings is 1. The van der Waals surface area contributed by atoms with Gasteiger partial charge in [0.15, 0.2) is 5.85 Å². The van der Waals surface area contributed by atoms with Gasteiger partial charge in [0.2, 0.25) is 3.79 Å². The maximum absolute atomic E-state index is 12.8. The topological polar surface area (TPSA) is 46.5 Å². The predicted octanol–water partition coefficient (Wildman–Crippen LogP) is 3.97. The quantitative estimate of drug-likeness (QED) is 0.659. The Morgan fingerprint density at radius 1 is 1.39 bits per heavy atom. The van der Waals surface area contributed by atoms with E-state index in [0.717, 1.165) is 0 Å². The van der Waals surface area contributed by atoms with Crippen LogP contribution >= 0.6 is 53.8 Å². The van der Waals surface area contributed by atoms with Gasteiger partial charge in [-0.25, -0.2) is 0 Å². The molecule has 2 atom stereocenters. The highest BCUT2D eigenvalue weighted by Gasteiger charge is 2.48. The molecule has 3 nitrogen and oxygen atoms in total.